The zero-order valence-electron chi connectivity index (χ0n) is 19.7. The molecule has 0 saturated heterocycles. The molecule has 2 aromatic rings. The van der Waals surface area contributed by atoms with Gasteiger partial charge in [0.15, 0.2) is 0 Å². The highest BCUT2D eigenvalue weighted by Crippen LogP contribution is 2.42. The molecule has 0 atom stereocenters. The lowest BCUT2D eigenvalue weighted by atomic mass is 9.75. The van der Waals surface area contributed by atoms with Crippen LogP contribution in [-0.2, 0) is 11.3 Å². The maximum Gasteiger partial charge on any atom is 0.126 e. The van der Waals surface area contributed by atoms with Gasteiger partial charge in [-0.1, -0.05) is 49.4 Å². The largest absolute Gasteiger partial charge is 0.377 e. The maximum atomic E-state index is 15.1. The smallest absolute Gasteiger partial charge is 0.126 e. The number of benzene rings is 2. The highest BCUT2D eigenvalue weighted by molar-refractivity contribution is 5.31. The van der Waals surface area contributed by atoms with Crippen molar-refractivity contribution in [2.45, 2.75) is 89.1 Å². The standard InChI is InChI=1S/C30H39FO/c1-3-19-32-21-23-7-11-24(12-8-23)25-13-15-27(16-14-25)29-18-17-28(20-30(29)31)26-9-5-22(4-2)6-10-26/h4,7-8,11-12,17-18,20,22,25-27H,2-3,5-6,9-10,13-16,19,21H2,1H3/t22-,25-,26-,27-. The van der Waals surface area contributed by atoms with Crippen molar-refractivity contribution in [3.63, 3.8) is 0 Å². The van der Waals surface area contributed by atoms with E-state index >= 15 is 4.39 Å². The summed E-state index contributed by atoms with van der Waals surface area (Å²) in [6.07, 6.45) is 12.3. The van der Waals surface area contributed by atoms with Gasteiger partial charge >= 0.3 is 0 Å². The summed E-state index contributed by atoms with van der Waals surface area (Å²) < 4.78 is 20.7. The summed E-state index contributed by atoms with van der Waals surface area (Å²) in [6.45, 7) is 7.59. The number of hydrogen-bond donors (Lipinski definition) is 0. The van der Waals surface area contributed by atoms with Crippen LogP contribution in [0.5, 0.6) is 0 Å². The van der Waals surface area contributed by atoms with E-state index in [4.69, 9.17) is 4.74 Å². The number of rotatable bonds is 8. The molecule has 2 aliphatic carbocycles. The zero-order valence-corrected chi connectivity index (χ0v) is 19.7. The molecule has 2 saturated carbocycles. The van der Waals surface area contributed by atoms with Crippen molar-refractivity contribution in [2.24, 2.45) is 5.92 Å². The van der Waals surface area contributed by atoms with Crippen LogP contribution >= 0.6 is 0 Å². The molecular formula is C30H39FO. The van der Waals surface area contributed by atoms with Crippen LogP contribution in [0.15, 0.2) is 55.1 Å². The Kier molecular flexibility index (Phi) is 8.19. The van der Waals surface area contributed by atoms with E-state index in [1.54, 1.807) is 0 Å². The third-order valence-electron chi connectivity index (χ3n) is 7.84. The van der Waals surface area contributed by atoms with E-state index in [0.29, 0.717) is 30.3 Å². The van der Waals surface area contributed by atoms with Crippen LogP contribution in [0.3, 0.4) is 0 Å². The summed E-state index contributed by atoms with van der Waals surface area (Å²) in [5, 5.41) is 0. The lowest BCUT2D eigenvalue weighted by molar-refractivity contribution is 0.121. The van der Waals surface area contributed by atoms with E-state index in [2.05, 4.69) is 56.0 Å². The molecule has 0 N–H and O–H groups in total. The Labute approximate surface area is 194 Å². The first-order valence-corrected chi connectivity index (χ1v) is 12.8. The van der Waals surface area contributed by atoms with Crippen molar-refractivity contribution in [3.05, 3.63) is 83.2 Å². The van der Waals surface area contributed by atoms with Gasteiger partial charge in [0.2, 0.25) is 0 Å². The van der Waals surface area contributed by atoms with Crippen LogP contribution in [0.2, 0.25) is 0 Å². The fourth-order valence-electron chi connectivity index (χ4n) is 5.77. The molecule has 4 rings (SSSR count). The van der Waals surface area contributed by atoms with Gasteiger partial charge in [-0.2, -0.15) is 0 Å². The fraction of sp³-hybridized carbons (Fsp3) is 0.533. The van der Waals surface area contributed by atoms with Gasteiger partial charge in [-0.15, -0.1) is 6.58 Å². The van der Waals surface area contributed by atoms with Crippen LogP contribution in [0.1, 0.15) is 105 Å². The molecule has 32 heavy (non-hydrogen) atoms. The molecular weight excluding hydrogens is 395 g/mol. The molecule has 2 heteroatoms. The van der Waals surface area contributed by atoms with E-state index in [9.17, 15) is 0 Å². The molecule has 0 aromatic heterocycles. The van der Waals surface area contributed by atoms with Crippen molar-refractivity contribution in [1.29, 1.82) is 0 Å². The van der Waals surface area contributed by atoms with Gasteiger partial charge in [0.1, 0.15) is 5.82 Å². The molecule has 0 amide bonds. The molecule has 2 aliphatic rings. The molecule has 0 aliphatic heterocycles. The topological polar surface area (TPSA) is 9.23 Å². The van der Waals surface area contributed by atoms with E-state index in [1.807, 2.05) is 6.07 Å². The average Bonchev–Trinajstić information content (AvgIpc) is 2.85. The van der Waals surface area contributed by atoms with E-state index in [-0.39, 0.29) is 5.82 Å². The van der Waals surface area contributed by atoms with Crippen LogP contribution in [-0.4, -0.2) is 6.61 Å². The van der Waals surface area contributed by atoms with Gasteiger partial charge in [-0.3, -0.25) is 0 Å². The second kappa shape index (κ2) is 11.3. The Hall–Kier alpha value is -1.93. The summed E-state index contributed by atoms with van der Waals surface area (Å²) in [6, 6.07) is 15.1. The number of ether oxygens (including phenoxy) is 1. The van der Waals surface area contributed by atoms with Crippen molar-refractivity contribution < 1.29 is 9.13 Å². The summed E-state index contributed by atoms with van der Waals surface area (Å²) in [5.74, 6) is 2.14. The Morgan fingerprint density at radius 2 is 1.44 bits per heavy atom. The Bertz CT molecular complexity index is 855. The lowest BCUT2D eigenvalue weighted by Crippen LogP contribution is -2.14. The summed E-state index contributed by atoms with van der Waals surface area (Å²) >= 11 is 0. The fourth-order valence-corrected chi connectivity index (χ4v) is 5.77. The van der Waals surface area contributed by atoms with Gasteiger partial charge in [0, 0.05) is 6.61 Å². The van der Waals surface area contributed by atoms with Crippen LogP contribution in [0.25, 0.3) is 0 Å². The minimum Gasteiger partial charge on any atom is -0.377 e. The van der Waals surface area contributed by atoms with E-state index in [1.165, 1.54) is 29.5 Å². The van der Waals surface area contributed by atoms with E-state index in [0.717, 1.165) is 57.1 Å². The lowest BCUT2D eigenvalue weighted by Gasteiger charge is -2.30. The minimum atomic E-state index is 0.0215. The Balaban J connectivity index is 1.31. The van der Waals surface area contributed by atoms with Gasteiger partial charge in [0.05, 0.1) is 6.61 Å². The molecule has 0 unspecified atom stereocenters. The predicted molar refractivity (Wildman–Crippen MR) is 132 cm³/mol. The Morgan fingerprint density at radius 1 is 0.844 bits per heavy atom. The zero-order chi connectivity index (χ0) is 22.3. The molecule has 2 fully saturated rings. The van der Waals surface area contributed by atoms with Crippen molar-refractivity contribution in [1.82, 2.24) is 0 Å². The third kappa shape index (κ3) is 5.70. The molecule has 1 nitrogen and oxygen atoms in total. The van der Waals surface area contributed by atoms with Crippen molar-refractivity contribution in [3.8, 4) is 0 Å². The number of hydrogen-bond acceptors (Lipinski definition) is 1. The average molecular weight is 435 g/mol. The van der Waals surface area contributed by atoms with Gasteiger partial charge in [0.25, 0.3) is 0 Å². The SMILES string of the molecule is C=C[C@H]1CC[C@H](c2ccc([C@H]3CC[C@H](c4ccc(COCCC)cc4)CC3)c(F)c2)CC1. The maximum absolute atomic E-state index is 15.1. The molecule has 0 bridgehead atoms. The number of allylic oxidation sites excluding steroid dienone is 1. The summed E-state index contributed by atoms with van der Waals surface area (Å²) in [7, 11) is 0. The number of halogens is 1. The second-order valence-electron chi connectivity index (χ2n) is 9.97. The van der Waals surface area contributed by atoms with Crippen molar-refractivity contribution in [2.75, 3.05) is 6.61 Å². The molecule has 2 aromatic carbocycles. The van der Waals surface area contributed by atoms with Crippen molar-refractivity contribution >= 4 is 0 Å². The van der Waals surface area contributed by atoms with Gasteiger partial charge < -0.3 is 4.74 Å². The van der Waals surface area contributed by atoms with E-state index < -0.39 is 0 Å². The Morgan fingerprint density at radius 3 is 2.06 bits per heavy atom. The summed E-state index contributed by atoms with van der Waals surface area (Å²) in [4.78, 5) is 0. The quantitative estimate of drug-likeness (QED) is 0.298. The molecule has 0 spiro atoms. The minimum absolute atomic E-state index is 0.0215. The van der Waals surface area contributed by atoms with Crippen LogP contribution < -0.4 is 0 Å². The molecule has 172 valence electrons. The highest BCUT2D eigenvalue weighted by Gasteiger charge is 2.26. The second-order valence-corrected chi connectivity index (χ2v) is 9.97. The third-order valence-corrected chi connectivity index (χ3v) is 7.84. The normalized spacial score (nSPS) is 26.1. The first kappa shape index (κ1) is 23.2. The molecule has 0 radical (unpaired) electrons. The first-order valence-electron chi connectivity index (χ1n) is 12.8. The highest BCUT2D eigenvalue weighted by atomic mass is 19.1. The summed E-state index contributed by atoms with van der Waals surface area (Å²) in [5.41, 5.74) is 4.81. The molecule has 0 heterocycles. The van der Waals surface area contributed by atoms with Gasteiger partial charge in [-0.25, -0.2) is 4.39 Å². The monoisotopic (exact) mass is 434 g/mol. The van der Waals surface area contributed by atoms with Crippen LogP contribution in [0.4, 0.5) is 4.39 Å². The predicted octanol–water partition coefficient (Wildman–Crippen LogP) is 8.65. The van der Waals surface area contributed by atoms with Gasteiger partial charge in [-0.05, 0) is 110 Å². The first-order chi connectivity index (χ1) is 15.7. The van der Waals surface area contributed by atoms with Crippen LogP contribution in [0, 0.1) is 11.7 Å².